The average Bonchev–Trinajstić information content (AvgIpc) is 2.70. The molecule has 27 heavy (non-hydrogen) atoms. The second-order valence-electron chi connectivity index (χ2n) is 6.07. The molecule has 2 aromatic carbocycles. The predicted molar refractivity (Wildman–Crippen MR) is 104 cm³/mol. The van der Waals surface area contributed by atoms with Crippen molar-refractivity contribution < 1.29 is 24.2 Å². The number of rotatable bonds is 10. The van der Waals surface area contributed by atoms with Crippen LogP contribution in [0.4, 0.5) is 0 Å². The Morgan fingerprint density at radius 3 is 2.19 bits per heavy atom. The van der Waals surface area contributed by atoms with Crippen LogP contribution in [-0.2, 0) is 9.53 Å². The van der Waals surface area contributed by atoms with Gasteiger partial charge in [0, 0.05) is 6.08 Å². The number of carbonyl (C=O) groups excluding carboxylic acids is 1. The Kier molecular flexibility index (Phi) is 7.62. The van der Waals surface area contributed by atoms with Crippen molar-refractivity contribution in [2.24, 2.45) is 0 Å². The first kappa shape index (κ1) is 20.2. The first-order valence-corrected chi connectivity index (χ1v) is 8.93. The minimum absolute atomic E-state index is 0.116. The number of ether oxygens (including phenoxy) is 2. The number of esters is 1. The molecule has 0 heterocycles. The number of benzene rings is 2. The highest BCUT2D eigenvalue weighted by molar-refractivity contribution is 5.88. The topological polar surface area (TPSA) is 72.8 Å². The van der Waals surface area contributed by atoms with Gasteiger partial charge in [-0.1, -0.05) is 37.8 Å². The van der Waals surface area contributed by atoms with Gasteiger partial charge in [0.1, 0.15) is 11.9 Å². The van der Waals surface area contributed by atoms with Crippen molar-refractivity contribution >= 4 is 11.9 Å². The summed E-state index contributed by atoms with van der Waals surface area (Å²) in [7, 11) is 0. The van der Waals surface area contributed by atoms with E-state index >= 15 is 0 Å². The smallest absolute Gasteiger partial charge is 0.335 e. The molecular formula is C22H24O5. The normalized spacial score (nSPS) is 11.4. The molecule has 2 aromatic rings. The third-order valence-corrected chi connectivity index (χ3v) is 4.16. The lowest BCUT2D eigenvalue weighted by Gasteiger charge is -2.15. The minimum Gasteiger partial charge on any atom is -0.494 e. The van der Waals surface area contributed by atoms with E-state index in [1.807, 2.05) is 31.2 Å². The van der Waals surface area contributed by atoms with E-state index in [4.69, 9.17) is 14.6 Å². The second kappa shape index (κ2) is 10.2. The molecule has 0 spiro atoms. The highest BCUT2D eigenvalue weighted by Gasteiger charge is 2.10. The zero-order valence-corrected chi connectivity index (χ0v) is 15.4. The maximum atomic E-state index is 11.2. The van der Waals surface area contributed by atoms with Gasteiger partial charge in [-0.15, -0.1) is 0 Å². The Labute approximate surface area is 159 Å². The molecule has 0 fully saturated rings. The van der Waals surface area contributed by atoms with Gasteiger partial charge in [-0.25, -0.2) is 9.59 Å². The fourth-order valence-electron chi connectivity index (χ4n) is 2.61. The lowest BCUT2D eigenvalue weighted by molar-refractivity contribution is -0.143. The molecule has 0 radical (unpaired) electrons. The van der Waals surface area contributed by atoms with Crippen molar-refractivity contribution in [2.45, 2.75) is 32.3 Å². The molecule has 0 saturated carbocycles. The molecule has 1 unspecified atom stereocenters. The van der Waals surface area contributed by atoms with E-state index in [-0.39, 0.29) is 11.7 Å². The summed E-state index contributed by atoms with van der Waals surface area (Å²) in [5.41, 5.74) is 2.20. The molecule has 2 rings (SSSR count). The molecule has 0 saturated heterocycles. The highest BCUT2D eigenvalue weighted by Crippen LogP contribution is 2.23. The van der Waals surface area contributed by atoms with Crippen LogP contribution in [0.2, 0.25) is 0 Å². The Morgan fingerprint density at radius 1 is 1.07 bits per heavy atom. The van der Waals surface area contributed by atoms with E-state index in [0.717, 1.165) is 36.1 Å². The van der Waals surface area contributed by atoms with E-state index in [9.17, 15) is 9.59 Å². The summed E-state index contributed by atoms with van der Waals surface area (Å²) in [6, 6.07) is 14.4. The van der Waals surface area contributed by atoms with Crippen molar-refractivity contribution in [1.29, 1.82) is 0 Å². The Morgan fingerprint density at radius 2 is 1.67 bits per heavy atom. The van der Waals surface area contributed by atoms with E-state index in [0.29, 0.717) is 6.61 Å². The van der Waals surface area contributed by atoms with E-state index in [1.54, 1.807) is 24.3 Å². The van der Waals surface area contributed by atoms with Gasteiger partial charge in [0.25, 0.3) is 0 Å². The molecule has 5 nitrogen and oxygen atoms in total. The monoisotopic (exact) mass is 368 g/mol. The number of hydrogen-bond donors (Lipinski definition) is 1. The highest BCUT2D eigenvalue weighted by atomic mass is 16.5. The summed E-state index contributed by atoms with van der Waals surface area (Å²) in [6.07, 6.45) is 3.34. The number of carboxylic acid groups (broad SMARTS) is 1. The molecule has 0 aliphatic rings. The zero-order valence-electron chi connectivity index (χ0n) is 15.4. The molecular weight excluding hydrogens is 344 g/mol. The second-order valence-corrected chi connectivity index (χ2v) is 6.07. The maximum Gasteiger partial charge on any atom is 0.335 e. The molecule has 0 aromatic heterocycles. The Bertz CT molecular complexity index is 762. The molecule has 142 valence electrons. The fourth-order valence-corrected chi connectivity index (χ4v) is 2.61. The van der Waals surface area contributed by atoms with Crippen LogP contribution < -0.4 is 4.74 Å². The Hall–Kier alpha value is -3.08. The van der Waals surface area contributed by atoms with Crippen LogP contribution in [0.1, 0.15) is 36.5 Å². The molecule has 0 aliphatic carbocycles. The molecule has 1 atom stereocenters. The number of carbonyl (C=O) groups is 2. The predicted octanol–water partition coefficient (Wildman–Crippen LogP) is 4.72. The van der Waals surface area contributed by atoms with Crippen molar-refractivity contribution in [3.05, 3.63) is 66.7 Å². The van der Waals surface area contributed by atoms with Crippen LogP contribution in [0.5, 0.6) is 5.75 Å². The zero-order chi connectivity index (χ0) is 19.6. The summed E-state index contributed by atoms with van der Waals surface area (Å²) in [5, 5.41) is 8.95. The SMILES string of the molecule is C=CC(=O)OC(CC)CCCOc1ccc(-c2ccc(C(=O)O)cc2)cc1. The summed E-state index contributed by atoms with van der Waals surface area (Å²) in [5.74, 6) is -0.568. The average molecular weight is 368 g/mol. The quantitative estimate of drug-likeness (QED) is 0.373. The van der Waals surface area contributed by atoms with Crippen LogP contribution in [0, 0.1) is 0 Å². The summed E-state index contributed by atoms with van der Waals surface area (Å²) < 4.78 is 11.0. The van der Waals surface area contributed by atoms with E-state index in [1.165, 1.54) is 6.08 Å². The van der Waals surface area contributed by atoms with E-state index in [2.05, 4.69) is 6.58 Å². The van der Waals surface area contributed by atoms with Gasteiger partial charge in [-0.2, -0.15) is 0 Å². The van der Waals surface area contributed by atoms with Gasteiger partial charge in [-0.3, -0.25) is 0 Å². The van der Waals surface area contributed by atoms with E-state index < -0.39 is 11.9 Å². The van der Waals surface area contributed by atoms with Crippen molar-refractivity contribution in [3.8, 4) is 16.9 Å². The van der Waals surface area contributed by atoms with Crippen LogP contribution >= 0.6 is 0 Å². The maximum absolute atomic E-state index is 11.2. The molecule has 5 heteroatoms. The summed E-state index contributed by atoms with van der Waals surface area (Å²) in [6.45, 7) is 5.91. The number of hydrogen-bond acceptors (Lipinski definition) is 4. The minimum atomic E-state index is -0.935. The van der Waals surface area contributed by atoms with Crippen molar-refractivity contribution in [3.63, 3.8) is 0 Å². The van der Waals surface area contributed by atoms with Gasteiger partial charge in [-0.05, 0) is 54.7 Å². The van der Waals surface area contributed by atoms with Crippen LogP contribution in [0.25, 0.3) is 11.1 Å². The molecule has 0 bridgehead atoms. The lowest BCUT2D eigenvalue weighted by Crippen LogP contribution is -2.16. The lowest BCUT2D eigenvalue weighted by atomic mass is 10.0. The summed E-state index contributed by atoms with van der Waals surface area (Å²) in [4.78, 5) is 22.1. The third kappa shape index (κ3) is 6.29. The van der Waals surface area contributed by atoms with Gasteiger partial charge < -0.3 is 14.6 Å². The van der Waals surface area contributed by atoms with Crippen molar-refractivity contribution in [2.75, 3.05) is 6.61 Å². The fraction of sp³-hybridized carbons (Fsp3) is 0.273. The number of aromatic carboxylic acids is 1. The van der Waals surface area contributed by atoms with Crippen molar-refractivity contribution in [1.82, 2.24) is 0 Å². The van der Waals surface area contributed by atoms with Crippen LogP contribution in [0.3, 0.4) is 0 Å². The largest absolute Gasteiger partial charge is 0.494 e. The van der Waals surface area contributed by atoms with Gasteiger partial charge in [0.15, 0.2) is 0 Å². The Balaban J connectivity index is 1.82. The molecule has 1 N–H and O–H groups in total. The molecule has 0 amide bonds. The van der Waals surface area contributed by atoms with Gasteiger partial charge in [0.2, 0.25) is 0 Å². The molecule has 0 aliphatic heterocycles. The summed E-state index contributed by atoms with van der Waals surface area (Å²) >= 11 is 0. The third-order valence-electron chi connectivity index (χ3n) is 4.16. The first-order valence-electron chi connectivity index (χ1n) is 8.93. The van der Waals surface area contributed by atoms with Crippen LogP contribution in [0.15, 0.2) is 61.2 Å². The first-order chi connectivity index (χ1) is 13.0. The number of carboxylic acids is 1. The van der Waals surface area contributed by atoms with Gasteiger partial charge >= 0.3 is 11.9 Å². The van der Waals surface area contributed by atoms with Crippen LogP contribution in [-0.4, -0.2) is 29.8 Å². The van der Waals surface area contributed by atoms with Gasteiger partial charge in [0.05, 0.1) is 12.2 Å². The standard InChI is InChI=1S/C22H24O5/c1-3-19(27-21(23)4-2)6-5-15-26-20-13-11-17(12-14-20)16-7-9-18(10-8-16)22(24)25/h4,7-14,19H,2-3,5-6,15H2,1H3,(H,24,25).